The van der Waals surface area contributed by atoms with Gasteiger partial charge in [0.25, 0.3) is 5.69 Å². The summed E-state index contributed by atoms with van der Waals surface area (Å²) in [6, 6.07) is 4.22. The van der Waals surface area contributed by atoms with Gasteiger partial charge in [-0.25, -0.2) is 0 Å². The molecule has 0 saturated heterocycles. The van der Waals surface area contributed by atoms with Crippen LogP contribution in [0.3, 0.4) is 0 Å². The average Bonchev–Trinajstić information content (AvgIpc) is 2.15. The molecule has 1 rings (SSSR count). The molecule has 0 aromatic heterocycles. The molecule has 0 amide bonds. The summed E-state index contributed by atoms with van der Waals surface area (Å²) < 4.78 is 36.6. The van der Waals surface area contributed by atoms with Crippen LogP contribution in [0.4, 0.5) is 18.9 Å². The highest BCUT2D eigenvalue weighted by molar-refractivity contribution is 9.09. The van der Waals surface area contributed by atoms with Crippen LogP contribution in [0.2, 0.25) is 0 Å². The second-order valence-corrected chi connectivity index (χ2v) is 3.67. The number of non-ortho nitro benzene ring substituents is 1. The van der Waals surface area contributed by atoms with Gasteiger partial charge < -0.3 is 0 Å². The van der Waals surface area contributed by atoms with Gasteiger partial charge in [-0.1, -0.05) is 28.1 Å². The van der Waals surface area contributed by atoms with Gasteiger partial charge in [-0.05, 0) is 5.56 Å². The van der Waals surface area contributed by atoms with Gasteiger partial charge in [-0.3, -0.25) is 10.1 Å². The number of nitrogens with zero attached hydrogens (tertiary/aromatic N) is 1. The number of hydrogen-bond acceptors (Lipinski definition) is 2. The molecule has 0 saturated carbocycles. The Morgan fingerprint density at radius 3 is 2.07 bits per heavy atom. The number of hydrogen-bond donors (Lipinski definition) is 0. The topological polar surface area (TPSA) is 43.1 Å². The van der Waals surface area contributed by atoms with Crippen molar-refractivity contribution >= 4 is 21.6 Å². The molecule has 0 radical (unpaired) electrons. The lowest BCUT2D eigenvalue weighted by Gasteiger charge is -2.13. The van der Waals surface area contributed by atoms with E-state index in [0.29, 0.717) is 0 Å². The van der Waals surface area contributed by atoms with Gasteiger partial charge in [0.05, 0.1) is 4.92 Å². The van der Waals surface area contributed by atoms with Crippen molar-refractivity contribution in [2.75, 3.05) is 0 Å². The van der Waals surface area contributed by atoms with Crippen LogP contribution < -0.4 is 0 Å². The molecule has 1 atom stereocenters. The average molecular weight is 284 g/mol. The van der Waals surface area contributed by atoms with Gasteiger partial charge in [-0.15, -0.1) is 0 Å². The van der Waals surface area contributed by atoms with Crippen LogP contribution in [0.15, 0.2) is 24.3 Å². The molecule has 0 fully saturated rings. The Labute approximate surface area is 91.2 Å². The Morgan fingerprint density at radius 2 is 1.73 bits per heavy atom. The number of alkyl halides is 4. The lowest BCUT2D eigenvalue weighted by Crippen LogP contribution is -2.15. The van der Waals surface area contributed by atoms with E-state index < -0.39 is 15.9 Å². The fourth-order valence-electron chi connectivity index (χ4n) is 0.954. The predicted molar refractivity (Wildman–Crippen MR) is 50.8 cm³/mol. The summed E-state index contributed by atoms with van der Waals surface area (Å²) >= 11 is 2.47. The molecular formula is C8H5BrF3NO2. The van der Waals surface area contributed by atoms with Crippen molar-refractivity contribution in [3.8, 4) is 0 Å². The lowest BCUT2D eigenvalue weighted by atomic mass is 10.1. The molecule has 1 aromatic carbocycles. The largest absolute Gasteiger partial charge is 0.405 e. The van der Waals surface area contributed by atoms with Gasteiger partial charge in [0.1, 0.15) is 4.83 Å². The maximum absolute atomic E-state index is 12.2. The number of rotatable bonds is 2. The zero-order valence-electron chi connectivity index (χ0n) is 7.16. The predicted octanol–water partition coefficient (Wildman–Crippen LogP) is 3.59. The molecule has 0 N–H and O–H groups in total. The highest BCUT2D eigenvalue weighted by Gasteiger charge is 2.38. The molecule has 0 spiro atoms. The summed E-state index contributed by atoms with van der Waals surface area (Å²) in [7, 11) is 0. The normalized spacial score (nSPS) is 13.6. The van der Waals surface area contributed by atoms with Gasteiger partial charge in [-0.2, -0.15) is 13.2 Å². The number of nitro benzene ring substituents is 1. The Bertz CT molecular complexity index is 363. The molecule has 0 aliphatic carbocycles. The number of nitro groups is 1. The second-order valence-electron chi connectivity index (χ2n) is 2.75. The van der Waals surface area contributed by atoms with Gasteiger partial charge in [0, 0.05) is 12.1 Å². The molecule has 15 heavy (non-hydrogen) atoms. The smallest absolute Gasteiger partial charge is 0.258 e. The quantitative estimate of drug-likeness (QED) is 0.473. The summed E-state index contributed by atoms with van der Waals surface area (Å²) in [5, 5.41) is 10.3. The Hall–Kier alpha value is -1.11. The minimum absolute atomic E-state index is 0.0619. The molecule has 3 nitrogen and oxygen atoms in total. The van der Waals surface area contributed by atoms with Crippen molar-refractivity contribution in [3.05, 3.63) is 39.9 Å². The van der Waals surface area contributed by atoms with Crippen molar-refractivity contribution in [1.82, 2.24) is 0 Å². The standard InChI is InChI=1S/C8H5BrF3NO2/c9-7(8(10,11)12)5-1-3-6(4-2-5)13(14)15/h1-4,7H/t7-/m0/s1. The summed E-state index contributed by atoms with van der Waals surface area (Å²) in [4.78, 5) is 7.78. The Balaban J connectivity index is 2.94. The molecule has 7 heteroatoms. The van der Waals surface area contributed by atoms with Crippen LogP contribution in [0, 0.1) is 10.1 Å². The van der Waals surface area contributed by atoms with Gasteiger partial charge in [0.2, 0.25) is 0 Å². The van der Waals surface area contributed by atoms with Crippen LogP contribution in [-0.4, -0.2) is 11.1 Å². The van der Waals surface area contributed by atoms with Gasteiger partial charge >= 0.3 is 6.18 Å². The third-order valence-corrected chi connectivity index (χ3v) is 2.73. The fourth-order valence-corrected chi connectivity index (χ4v) is 1.26. The molecule has 0 bridgehead atoms. The minimum Gasteiger partial charge on any atom is -0.258 e. The highest BCUT2D eigenvalue weighted by Crippen LogP contribution is 2.39. The summed E-state index contributed by atoms with van der Waals surface area (Å²) in [6.07, 6.45) is -4.41. The first kappa shape index (κ1) is 12.0. The number of benzene rings is 1. The molecule has 0 aliphatic heterocycles. The molecule has 0 aliphatic rings. The summed E-state index contributed by atoms with van der Waals surface area (Å²) in [5.41, 5.74) is -0.297. The van der Waals surface area contributed by atoms with E-state index in [9.17, 15) is 23.3 Å². The van der Waals surface area contributed by atoms with Crippen molar-refractivity contribution in [3.63, 3.8) is 0 Å². The monoisotopic (exact) mass is 283 g/mol. The zero-order valence-corrected chi connectivity index (χ0v) is 8.75. The van der Waals surface area contributed by atoms with Crippen LogP contribution in [0.5, 0.6) is 0 Å². The summed E-state index contributed by atoms with van der Waals surface area (Å²) in [5.74, 6) is 0. The molecular weight excluding hydrogens is 279 g/mol. The first-order valence-corrected chi connectivity index (χ1v) is 4.69. The minimum atomic E-state index is -4.41. The van der Waals surface area contributed by atoms with E-state index in [2.05, 4.69) is 15.9 Å². The van der Waals surface area contributed by atoms with Gasteiger partial charge in [0.15, 0.2) is 0 Å². The molecule has 1 aromatic rings. The van der Waals surface area contributed by atoms with Crippen LogP contribution in [-0.2, 0) is 0 Å². The SMILES string of the molecule is O=[N+]([O-])c1ccc([C@H](Br)C(F)(F)F)cc1. The molecule has 0 heterocycles. The van der Waals surface area contributed by atoms with Crippen LogP contribution in [0.25, 0.3) is 0 Å². The van der Waals surface area contributed by atoms with E-state index in [-0.39, 0.29) is 11.3 Å². The first-order chi connectivity index (χ1) is 6.82. The van der Waals surface area contributed by atoms with E-state index in [4.69, 9.17) is 0 Å². The Morgan fingerprint density at radius 1 is 1.27 bits per heavy atom. The third kappa shape index (κ3) is 2.92. The molecule has 0 unspecified atom stereocenters. The van der Waals surface area contributed by atoms with E-state index in [1.807, 2.05) is 0 Å². The van der Waals surface area contributed by atoms with Crippen LogP contribution in [0.1, 0.15) is 10.4 Å². The first-order valence-electron chi connectivity index (χ1n) is 3.77. The number of halogens is 4. The fraction of sp³-hybridized carbons (Fsp3) is 0.250. The zero-order chi connectivity index (χ0) is 11.6. The van der Waals surface area contributed by atoms with E-state index >= 15 is 0 Å². The lowest BCUT2D eigenvalue weighted by molar-refractivity contribution is -0.384. The maximum Gasteiger partial charge on any atom is 0.405 e. The van der Waals surface area contributed by atoms with Crippen LogP contribution >= 0.6 is 15.9 Å². The third-order valence-electron chi connectivity index (χ3n) is 1.68. The van der Waals surface area contributed by atoms with Crippen molar-refractivity contribution in [2.24, 2.45) is 0 Å². The maximum atomic E-state index is 12.2. The highest BCUT2D eigenvalue weighted by atomic mass is 79.9. The van der Waals surface area contributed by atoms with E-state index in [1.54, 1.807) is 0 Å². The summed E-state index contributed by atoms with van der Waals surface area (Å²) in [6.45, 7) is 0. The van der Waals surface area contributed by atoms with Crippen molar-refractivity contribution in [2.45, 2.75) is 11.0 Å². The second kappa shape index (κ2) is 4.18. The van der Waals surface area contributed by atoms with E-state index in [1.165, 1.54) is 0 Å². The van der Waals surface area contributed by atoms with E-state index in [0.717, 1.165) is 24.3 Å². The van der Waals surface area contributed by atoms with Crippen molar-refractivity contribution in [1.29, 1.82) is 0 Å². The Kier molecular flexibility index (Phi) is 3.33. The molecule has 82 valence electrons. The van der Waals surface area contributed by atoms with Crippen molar-refractivity contribution < 1.29 is 18.1 Å².